The molecule has 0 aliphatic carbocycles. The summed E-state index contributed by atoms with van der Waals surface area (Å²) in [5, 5.41) is 0. The Morgan fingerprint density at radius 3 is 1.95 bits per heavy atom. The Kier molecular flexibility index (Phi) is 4.16. The number of ether oxygens (including phenoxy) is 3. The van der Waals surface area contributed by atoms with Crippen LogP contribution in [0.4, 0.5) is 4.79 Å². The third-order valence-electron chi connectivity index (χ3n) is 4.57. The molecule has 0 radical (unpaired) electrons. The van der Waals surface area contributed by atoms with Crippen molar-refractivity contribution < 1.29 is 23.8 Å². The number of carbonyl (C=O) groups excluding carboxylic acids is 2. The molecular formula is C16H25NO5. The first-order valence-electron chi connectivity index (χ1n) is 8.05. The van der Waals surface area contributed by atoms with Gasteiger partial charge in [0.05, 0.1) is 44.4 Å². The van der Waals surface area contributed by atoms with E-state index in [1.807, 2.05) is 20.8 Å². The van der Waals surface area contributed by atoms with Crippen molar-refractivity contribution in [3.63, 3.8) is 0 Å². The van der Waals surface area contributed by atoms with Crippen molar-refractivity contribution in [2.45, 2.75) is 51.3 Å². The van der Waals surface area contributed by atoms with E-state index in [9.17, 15) is 9.59 Å². The molecule has 0 N–H and O–H groups in total. The molecule has 6 nitrogen and oxygen atoms in total. The molecule has 3 aliphatic rings. The molecule has 0 aromatic carbocycles. The fourth-order valence-corrected chi connectivity index (χ4v) is 3.49. The van der Waals surface area contributed by atoms with Gasteiger partial charge in [-0.1, -0.05) is 0 Å². The van der Waals surface area contributed by atoms with E-state index in [-0.39, 0.29) is 30.0 Å². The van der Waals surface area contributed by atoms with Crippen molar-refractivity contribution in [2.75, 3.05) is 26.4 Å². The summed E-state index contributed by atoms with van der Waals surface area (Å²) in [5.41, 5.74) is -0.512. The molecule has 124 valence electrons. The average molecular weight is 311 g/mol. The molecule has 3 rings (SSSR count). The highest BCUT2D eigenvalue weighted by atomic mass is 16.6. The number of rotatable bonds is 2. The normalized spacial score (nSPS) is 32.3. The first-order valence-corrected chi connectivity index (χ1v) is 8.05. The number of Topliss-reactive ketones (excluding diaryl/α,β-unsaturated/α-hetero) is 1. The molecule has 22 heavy (non-hydrogen) atoms. The minimum absolute atomic E-state index is 0.0199. The number of carbonyl (C=O) groups is 2. The molecular weight excluding hydrogens is 286 g/mol. The van der Waals surface area contributed by atoms with Gasteiger partial charge in [0, 0.05) is 5.92 Å². The second-order valence-electron chi connectivity index (χ2n) is 7.54. The van der Waals surface area contributed by atoms with Crippen LogP contribution in [0.15, 0.2) is 0 Å². The molecule has 0 spiro atoms. The van der Waals surface area contributed by atoms with E-state index >= 15 is 0 Å². The van der Waals surface area contributed by atoms with Crippen molar-refractivity contribution in [3.8, 4) is 0 Å². The number of nitrogens with zero attached hydrogens (tertiary/aromatic N) is 1. The van der Waals surface area contributed by atoms with E-state index in [0.717, 1.165) is 0 Å². The van der Waals surface area contributed by atoms with Gasteiger partial charge < -0.3 is 14.2 Å². The first-order chi connectivity index (χ1) is 10.3. The fraction of sp³-hybridized carbons (Fsp3) is 0.875. The molecule has 3 saturated heterocycles. The molecule has 6 heteroatoms. The van der Waals surface area contributed by atoms with E-state index in [1.54, 1.807) is 4.90 Å². The maximum absolute atomic E-state index is 12.5. The minimum Gasteiger partial charge on any atom is -0.444 e. The van der Waals surface area contributed by atoms with Crippen LogP contribution in [-0.4, -0.2) is 60.9 Å². The summed E-state index contributed by atoms with van der Waals surface area (Å²) in [6, 6.07) is -0.116. The second-order valence-corrected chi connectivity index (χ2v) is 7.54. The molecule has 3 fully saturated rings. The van der Waals surface area contributed by atoms with Crippen LogP contribution in [0.1, 0.15) is 33.6 Å². The van der Waals surface area contributed by atoms with Gasteiger partial charge in [-0.2, -0.15) is 0 Å². The van der Waals surface area contributed by atoms with Gasteiger partial charge >= 0.3 is 6.09 Å². The van der Waals surface area contributed by atoms with Crippen LogP contribution >= 0.6 is 0 Å². The van der Waals surface area contributed by atoms with Gasteiger partial charge in [0.1, 0.15) is 11.4 Å². The van der Waals surface area contributed by atoms with Crippen molar-refractivity contribution in [3.05, 3.63) is 0 Å². The Morgan fingerprint density at radius 2 is 1.50 bits per heavy atom. The maximum Gasteiger partial charge on any atom is 0.410 e. The highest BCUT2D eigenvalue weighted by Crippen LogP contribution is 2.35. The van der Waals surface area contributed by atoms with E-state index in [2.05, 4.69) is 0 Å². The fourth-order valence-electron chi connectivity index (χ4n) is 3.49. The van der Waals surface area contributed by atoms with Crippen LogP contribution in [0.3, 0.4) is 0 Å². The van der Waals surface area contributed by atoms with E-state index < -0.39 is 5.60 Å². The van der Waals surface area contributed by atoms with Crippen LogP contribution in [0.2, 0.25) is 0 Å². The predicted molar refractivity (Wildman–Crippen MR) is 78.5 cm³/mol. The Hall–Kier alpha value is -1.14. The highest BCUT2D eigenvalue weighted by molar-refractivity contribution is 5.85. The zero-order chi connectivity index (χ0) is 15.9. The van der Waals surface area contributed by atoms with Crippen LogP contribution in [0.25, 0.3) is 0 Å². The first kappa shape index (κ1) is 15.7. The van der Waals surface area contributed by atoms with Crippen molar-refractivity contribution in [2.24, 2.45) is 11.8 Å². The summed E-state index contributed by atoms with van der Waals surface area (Å²) >= 11 is 0. The molecule has 1 amide bonds. The number of piperidine rings is 1. The van der Waals surface area contributed by atoms with Gasteiger partial charge in [-0.25, -0.2) is 4.79 Å². The third-order valence-corrected chi connectivity index (χ3v) is 4.57. The standard InChI is InChI=1S/C16H25NO5/c1-16(2,3)22-15(19)17-12-4-10(5-13(17)9-21-8-12)14(18)11-6-20-7-11/h10-13H,4-9H2,1-3H3. The Balaban J connectivity index is 1.68. The summed E-state index contributed by atoms with van der Waals surface area (Å²) < 4.78 is 16.2. The molecule has 3 aliphatic heterocycles. The van der Waals surface area contributed by atoms with Gasteiger partial charge in [-0.05, 0) is 33.6 Å². The number of hydrogen-bond acceptors (Lipinski definition) is 5. The summed E-state index contributed by atoms with van der Waals surface area (Å²) in [4.78, 5) is 26.7. The van der Waals surface area contributed by atoms with Gasteiger partial charge in [0.25, 0.3) is 0 Å². The molecule has 2 atom stereocenters. The largest absolute Gasteiger partial charge is 0.444 e. The Bertz CT molecular complexity index is 440. The Morgan fingerprint density at radius 1 is 0.955 bits per heavy atom. The number of fused-ring (bicyclic) bond motifs is 2. The summed E-state index contributed by atoms with van der Waals surface area (Å²) in [6.07, 6.45) is 1.06. The predicted octanol–water partition coefficient (Wildman–Crippen LogP) is 1.62. The van der Waals surface area contributed by atoms with Crippen LogP contribution in [-0.2, 0) is 19.0 Å². The number of morpholine rings is 1. The van der Waals surface area contributed by atoms with Gasteiger partial charge in [-0.3, -0.25) is 9.69 Å². The second kappa shape index (κ2) is 5.81. The van der Waals surface area contributed by atoms with Gasteiger partial charge in [0.15, 0.2) is 0 Å². The SMILES string of the molecule is CC(C)(C)OC(=O)N1C2COCC1CC(C(=O)C1COC1)C2. The van der Waals surface area contributed by atoms with Crippen molar-refractivity contribution in [1.82, 2.24) is 4.90 Å². The number of amides is 1. The number of ketones is 1. The van der Waals surface area contributed by atoms with E-state index in [0.29, 0.717) is 45.1 Å². The van der Waals surface area contributed by atoms with Crippen LogP contribution in [0, 0.1) is 11.8 Å². The van der Waals surface area contributed by atoms with E-state index in [1.165, 1.54) is 0 Å². The van der Waals surface area contributed by atoms with Gasteiger partial charge in [-0.15, -0.1) is 0 Å². The van der Waals surface area contributed by atoms with Crippen LogP contribution < -0.4 is 0 Å². The summed E-state index contributed by atoms with van der Waals surface area (Å²) in [6.45, 7) is 7.67. The lowest BCUT2D eigenvalue weighted by molar-refractivity contribution is -0.148. The molecule has 2 bridgehead atoms. The zero-order valence-electron chi connectivity index (χ0n) is 13.5. The Labute approximate surface area is 131 Å². The summed E-state index contributed by atoms with van der Waals surface area (Å²) in [7, 11) is 0. The van der Waals surface area contributed by atoms with Crippen molar-refractivity contribution >= 4 is 11.9 Å². The molecule has 3 heterocycles. The molecule has 0 saturated carbocycles. The molecule has 0 aromatic heterocycles. The van der Waals surface area contributed by atoms with Gasteiger partial charge in [0.2, 0.25) is 0 Å². The highest BCUT2D eigenvalue weighted by Gasteiger charge is 2.46. The number of hydrogen-bond donors (Lipinski definition) is 0. The van der Waals surface area contributed by atoms with E-state index in [4.69, 9.17) is 14.2 Å². The zero-order valence-corrected chi connectivity index (χ0v) is 13.5. The summed E-state index contributed by atoms with van der Waals surface area (Å²) in [5.74, 6) is 0.373. The van der Waals surface area contributed by atoms with Crippen molar-refractivity contribution in [1.29, 1.82) is 0 Å². The quantitative estimate of drug-likeness (QED) is 0.775. The monoisotopic (exact) mass is 311 g/mol. The molecule has 0 aromatic rings. The lowest BCUT2D eigenvalue weighted by Gasteiger charge is -2.48. The topological polar surface area (TPSA) is 65.1 Å². The minimum atomic E-state index is -0.512. The maximum atomic E-state index is 12.5. The lowest BCUT2D eigenvalue weighted by Crippen LogP contribution is -2.61. The average Bonchev–Trinajstić information content (AvgIpc) is 2.32. The molecule has 2 unspecified atom stereocenters. The lowest BCUT2D eigenvalue weighted by atomic mass is 9.78. The smallest absolute Gasteiger partial charge is 0.410 e. The third kappa shape index (κ3) is 3.13. The van der Waals surface area contributed by atoms with Crippen LogP contribution in [0.5, 0.6) is 0 Å².